The Morgan fingerprint density at radius 2 is 2.12 bits per heavy atom. The molecular formula is C10H12Cl2N2O3. The Hall–Kier alpha value is -0.880. The number of carbonyl (C=O) groups is 1. The van der Waals surface area contributed by atoms with E-state index in [2.05, 4.69) is 10.3 Å². The number of amides is 1. The second-order valence-electron chi connectivity index (χ2n) is 3.10. The summed E-state index contributed by atoms with van der Waals surface area (Å²) in [5.41, 5.74) is 0.262. The van der Waals surface area contributed by atoms with Gasteiger partial charge in [0.1, 0.15) is 5.15 Å². The van der Waals surface area contributed by atoms with Crippen molar-refractivity contribution in [1.29, 1.82) is 0 Å². The molecule has 94 valence electrons. The lowest BCUT2D eigenvalue weighted by Gasteiger charge is -2.14. The Kier molecular flexibility index (Phi) is 5.64. The van der Waals surface area contributed by atoms with E-state index in [-0.39, 0.29) is 28.2 Å². The first-order valence-electron chi connectivity index (χ1n) is 4.73. The van der Waals surface area contributed by atoms with Gasteiger partial charge in [0.15, 0.2) is 6.29 Å². The summed E-state index contributed by atoms with van der Waals surface area (Å²) in [6.07, 6.45) is 0.818. The van der Waals surface area contributed by atoms with Crippen LogP contribution in [0.15, 0.2) is 12.3 Å². The Labute approximate surface area is 109 Å². The molecule has 0 unspecified atom stereocenters. The number of hydrogen-bond acceptors (Lipinski definition) is 4. The molecule has 17 heavy (non-hydrogen) atoms. The van der Waals surface area contributed by atoms with Crippen molar-refractivity contribution in [3.63, 3.8) is 0 Å². The molecule has 1 N–H and O–H groups in total. The molecule has 0 bridgehead atoms. The lowest BCUT2D eigenvalue weighted by Crippen LogP contribution is -2.34. The van der Waals surface area contributed by atoms with Gasteiger partial charge >= 0.3 is 0 Å². The van der Waals surface area contributed by atoms with E-state index in [9.17, 15) is 4.79 Å². The number of methoxy groups -OCH3 is 2. The lowest BCUT2D eigenvalue weighted by molar-refractivity contribution is -0.0974. The number of hydrogen-bond donors (Lipinski definition) is 1. The number of nitrogens with zero attached hydrogens (tertiary/aromatic N) is 1. The molecular weight excluding hydrogens is 267 g/mol. The molecule has 1 aromatic rings. The van der Waals surface area contributed by atoms with Gasteiger partial charge in [0.05, 0.1) is 17.1 Å². The van der Waals surface area contributed by atoms with Crippen LogP contribution in [0.1, 0.15) is 10.4 Å². The standard InChI is InChI=1S/C10H12Cl2N2O3/c1-16-9(17-2)5-14-10(15)6-3-8(12)13-4-7(6)11/h3-4,9H,5H2,1-2H3,(H,14,15). The molecule has 7 heteroatoms. The maximum absolute atomic E-state index is 11.8. The summed E-state index contributed by atoms with van der Waals surface area (Å²) >= 11 is 11.5. The van der Waals surface area contributed by atoms with Crippen LogP contribution in [0.25, 0.3) is 0 Å². The van der Waals surface area contributed by atoms with Crippen molar-refractivity contribution in [2.24, 2.45) is 0 Å². The monoisotopic (exact) mass is 278 g/mol. The molecule has 0 aliphatic carbocycles. The van der Waals surface area contributed by atoms with Crippen molar-refractivity contribution in [2.45, 2.75) is 6.29 Å². The van der Waals surface area contributed by atoms with Gasteiger partial charge in [0.2, 0.25) is 0 Å². The maximum Gasteiger partial charge on any atom is 0.253 e. The highest BCUT2D eigenvalue weighted by Gasteiger charge is 2.13. The van der Waals surface area contributed by atoms with E-state index >= 15 is 0 Å². The van der Waals surface area contributed by atoms with E-state index in [0.29, 0.717) is 0 Å². The minimum absolute atomic E-state index is 0.203. The zero-order valence-corrected chi connectivity index (χ0v) is 10.9. The highest BCUT2D eigenvalue weighted by atomic mass is 35.5. The number of pyridine rings is 1. The molecule has 5 nitrogen and oxygen atoms in total. The van der Waals surface area contributed by atoms with Crippen LogP contribution >= 0.6 is 23.2 Å². The van der Waals surface area contributed by atoms with Crippen molar-refractivity contribution in [3.05, 3.63) is 28.0 Å². The molecule has 0 aliphatic rings. The number of nitrogens with one attached hydrogen (secondary N) is 1. The lowest BCUT2D eigenvalue weighted by atomic mass is 10.2. The Bertz CT molecular complexity index is 397. The van der Waals surface area contributed by atoms with Gasteiger partial charge in [-0.2, -0.15) is 0 Å². The predicted octanol–water partition coefficient (Wildman–Crippen LogP) is 1.74. The number of rotatable bonds is 5. The van der Waals surface area contributed by atoms with Crippen molar-refractivity contribution in [2.75, 3.05) is 20.8 Å². The topological polar surface area (TPSA) is 60.5 Å². The van der Waals surface area contributed by atoms with Gasteiger partial charge in [0, 0.05) is 20.4 Å². The van der Waals surface area contributed by atoms with Gasteiger partial charge in [-0.25, -0.2) is 4.98 Å². The molecule has 0 saturated carbocycles. The quantitative estimate of drug-likeness (QED) is 0.658. The third-order valence-electron chi connectivity index (χ3n) is 2.02. The molecule has 0 spiro atoms. The van der Waals surface area contributed by atoms with Crippen molar-refractivity contribution in [3.8, 4) is 0 Å². The summed E-state index contributed by atoms with van der Waals surface area (Å²) in [4.78, 5) is 15.5. The molecule has 0 aliphatic heterocycles. The van der Waals surface area contributed by atoms with Crippen LogP contribution in [0.2, 0.25) is 10.2 Å². The second-order valence-corrected chi connectivity index (χ2v) is 3.89. The molecule has 1 heterocycles. The normalized spacial score (nSPS) is 10.6. The Balaban J connectivity index is 2.66. The third kappa shape index (κ3) is 4.12. The minimum atomic E-state index is -0.505. The average molecular weight is 279 g/mol. The van der Waals surface area contributed by atoms with Gasteiger partial charge in [-0.3, -0.25) is 4.79 Å². The van der Waals surface area contributed by atoms with Crippen LogP contribution < -0.4 is 5.32 Å². The van der Waals surface area contributed by atoms with Crippen LogP contribution in [-0.2, 0) is 9.47 Å². The van der Waals surface area contributed by atoms with Crippen LogP contribution in [0.4, 0.5) is 0 Å². The summed E-state index contributed by atoms with van der Waals surface area (Å²) < 4.78 is 9.86. The summed E-state index contributed by atoms with van der Waals surface area (Å²) in [7, 11) is 2.97. The third-order valence-corrected chi connectivity index (χ3v) is 2.53. The SMILES string of the molecule is COC(CNC(=O)c1cc(Cl)ncc1Cl)OC. The summed E-state index contributed by atoms with van der Waals surface area (Å²) in [5, 5.41) is 3.05. The van der Waals surface area contributed by atoms with Gasteiger partial charge in [-0.05, 0) is 6.07 Å². The molecule has 0 radical (unpaired) electrons. The van der Waals surface area contributed by atoms with Gasteiger partial charge in [0.25, 0.3) is 5.91 Å². The van der Waals surface area contributed by atoms with E-state index in [0.717, 1.165) is 0 Å². The smallest absolute Gasteiger partial charge is 0.253 e. The van der Waals surface area contributed by atoms with E-state index in [1.807, 2.05) is 0 Å². The highest BCUT2D eigenvalue weighted by Crippen LogP contribution is 2.17. The fourth-order valence-corrected chi connectivity index (χ4v) is 1.47. The number of carbonyl (C=O) groups excluding carboxylic acids is 1. The molecule has 1 amide bonds. The molecule has 1 aromatic heterocycles. The van der Waals surface area contributed by atoms with Crippen molar-refractivity contribution < 1.29 is 14.3 Å². The Morgan fingerprint density at radius 3 is 2.71 bits per heavy atom. The first kappa shape index (κ1) is 14.2. The maximum atomic E-state index is 11.8. The second kappa shape index (κ2) is 6.76. The predicted molar refractivity (Wildman–Crippen MR) is 64.4 cm³/mol. The van der Waals surface area contributed by atoms with Crippen LogP contribution in [0.5, 0.6) is 0 Å². The van der Waals surface area contributed by atoms with Crippen LogP contribution in [-0.4, -0.2) is 37.9 Å². The highest BCUT2D eigenvalue weighted by molar-refractivity contribution is 6.35. The zero-order valence-electron chi connectivity index (χ0n) is 9.37. The summed E-state index contributed by atoms with van der Waals surface area (Å²) in [6, 6.07) is 1.40. The van der Waals surface area contributed by atoms with E-state index in [1.165, 1.54) is 26.5 Å². The fraction of sp³-hybridized carbons (Fsp3) is 0.400. The minimum Gasteiger partial charge on any atom is -0.354 e. The van der Waals surface area contributed by atoms with E-state index in [4.69, 9.17) is 32.7 Å². The van der Waals surface area contributed by atoms with Gasteiger partial charge in [-0.15, -0.1) is 0 Å². The molecule has 0 atom stereocenters. The number of ether oxygens (including phenoxy) is 2. The summed E-state index contributed by atoms with van der Waals surface area (Å²) in [6.45, 7) is 0.210. The largest absolute Gasteiger partial charge is 0.354 e. The fourth-order valence-electron chi connectivity index (χ4n) is 1.12. The van der Waals surface area contributed by atoms with E-state index < -0.39 is 6.29 Å². The number of halogens is 2. The van der Waals surface area contributed by atoms with Gasteiger partial charge in [-0.1, -0.05) is 23.2 Å². The first-order valence-corrected chi connectivity index (χ1v) is 5.49. The number of aromatic nitrogens is 1. The molecule has 1 rings (SSSR count). The van der Waals surface area contributed by atoms with Crippen molar-refractivity contribution >= 4 is 29.1 Å². The first-order chi connectivity index (χ1) is 8.08. The molecule has 0 saturated heterocycles. The Morgan fingerprint density at radius 1 is 1.47 bits per heavy atom. The molecule has 0 fully saturated rings. The van der Waals surface area contributed by atoms with Crippen molar-refractivity contribution in [1.82, 2.24) is 10.3 Å². The molecule has 0 aromatic carbocycles. The zero-order chi connectivity index (χ0) is 12.8. The van der Waals surface area contributed by atoms with E-state index in [1.54, 1.807) is 0 Å². The summed E-state index contributed by atoms with van der Waals surface area (Å²) in [5.74, 6) is -0.363. The van der Waals surface area contributed by atoms with Crippen LogP contribution in [0.3, 0.4) is 0 Å². The van der Waals surface area contributed by atoms with Gasteiger partial charge < -0.3 is 14.8 Å². The van der Waals surface area contributed by atoms with Crippen LogP contribution in [0, 0.1) is 0 Å². The average Bonchev–Trinajstić information content (AvgIpc) is 2.33.